The van der Waals surface area contributed by atoms with Crippen LogP contribution < -0.4 is 0 Å². The van der Waals surface area contributed by atoms with Crippen molar-refractivity contribution in [3.05, 3.63) is 48.5 Å². The van der Waals surface area contributed by atoms with Crippen LogP contribution in [-0.4, -0.2) is 21.6 Å². The van der Waals surface area contributed by atoms with Crippen LogP contribution >= 0.6 is 11.8 Å². The van der Waals surface area contributed by atoms with Gasteiger partial charge in [-0.15, -0.1) is 11.8 Å². The summed E-state index contributed by atoms with van der Waals surface area (Å²) in [6.07, 6.45) is 4.22. The normalized spacial score (nSPS) is 10.2. The van der Waals surface area contributed by atoms with Crippen LogP contribution in [0.25, 0.3) is 0 Å². The van der Waals surface area contributed by atoms with Crippen LogP contribution in [0.5, 0.6) is 0 Å². The van der Waals surface area contributed by atoms with Crippen molar-refractivity contribution in [2.24, 2.45) is 0 Å². The van der Waals surface area contributed by atoms with E-state index in [1.165, 1.54) is 4.90 Å². The quantitative estimate of drug-likeness (QED) is 0.587. The molecule has 0 bridgehead atoms. The van der Waals surface area contributed by atoms with Gasteiger partial charge in [0.1, 0.15) is 5.69 Å². The second kappa shape index (κ2) is 5.51. The number of carbonyl (C=O) groups is 1. The van der Waals surface area contributed by atoms with E-state index < -0.39 is 0 Å². The molecule has 2 aromatic rings. The molecule has 2 rings (SSSR count). The number of imidazole rings is 1. The van der Waals surface area contributed by atoms with E-state index in [4.69, 9.17) is 0 Å². The number of hydrogen-bond acceptors (Lipinski definition) is 3. The summed E-state index contributed by atoms with van der Waals surface area (Å²) in [4.78, 5) is 15.6. The molecule has 4 heteroatoms. The van der Waals surface area contributed by atoms with Crippen molar-refractivity contribution in [3.63, 3.8) is 0 Å². The van der Waals surface area contributed by atoms with Crippen LogP contribution in [0.3, 0.4) is 0 Å². The zero-order valence-corrected chi connectivity index (χ0v) is 9.56. The first-order valence-corrected chi connectivity index (χ1v) is 6.02. The number of thioether (sulfide) groups is 1. The largest absolute Gasteiger partial charge is 0.336 e. The van der Waals surface area contributed by atoms with Gasteiger partial charge < -0.3 is 4.57 Å². The summed E-state index contributed by atoms with van der Waals surface area (Å²) in [6, 6.07) is 10.3. The van der Waals surface area contributed by atoms with Crippen LogP contribution in [0, 0.1) is 0 Å². The molecule has 0 N–H and O–H groups in total. The van der Waals surface area contributed by atoms with Gasteiger partial charge in [0, 0.05) is 23.4 Å². The molecule has 0 unspecified atom stereocenters. The molecule has 1 aromatic carbocycles. The van der Waals surface area contributed by atoms with Gasteiger partial charge in [0.25, 0.3) is 0 Å². The fourth-order valence-electron chi connectivity index (χ4n) is 1.35. The van der Waals surface area contributed by atoms with E-state index in [-0.39, 0.29) is 0 Å². The lowest BCUT2D eigenvalue weighted by Gasteiger charge is -2.01. The maximum atomic E-state index is 10.4. The maximum absolute atomic E-state index is 10.4. The molecule has 0 saturated heterocycles. The number of aryl methyl sites for hydroxylation is 1. The zero-order valence-electron chi connectivity index (χ0n) is 8.74. The maximum Gasteiger partial charge on any atom is 0.169 e. The molecule has 0 saturated carbocycles. The summed E-state index contributed by atoms with van der Waals surface area (Å²) in [5.41, 5.74) is 0.490. The smallest absolute Gasteiger partial charge is 0.169 e. The van der Waals surface area contributed by atoms with E-state index in [0.29, 0.717) is 5.69 Å². The second-order valence-electron chi connectivity index (χ2n) is 3.32. The fourth-order valence-corrected chi connectivity index (χ4v) is 2.23. The molecule has 0 aliphatic heterocycles. The average molecular weight is 232 g/mol. The lowest BCUT2D eigenvalue weighted by Crippen LogP contribution is -1.96. The lowest BCUT2D eigenvalue weighted by molar-refractivity contribution is 0.111. The summed E-state index contributed by atoms with van der Waals surface area (Å²) in [6.45, 7) is 0.862. The van der Waals surface area contributed by atoms with Crippen molar-refractivity contribution in [2.75, 3.05) is 5.75 Å². The van der Waals surface area contributed by atoms with Crippen molar-refractivity contribution < 1.29 is 4.79 Å². The van der Waals surface area contributed by atoms with Crippen LogP contribution in [0.15, 0.2) is 47.8 Å². The first-order valence-electron chi connectivity index (χ1n) is 5.03. The molecule has 0 aliphatic rings. The summed E-state index contributed by atoms with van der Waals surface area (Å²) in [7, 11) is 0. The Bertz CT molecular complexity index is 453. The van der Waals surface area contributed by atoms with Crippen molar-refractivity contribution in [2.45, 2.75) is 11.4 Å². The highest BCUT2D eigenvalue weighted by molar-refractivity contribution is 7.99. The number of aromatic nitrogens is 2. The molecule has 0 amide bonds. The van der Waals surface area contributed by atoms with Gasteiger partial charge in [-0.05, 0) is 12.1 Å². The number of carbonyl (C=O) groups excluding carboxylic acids is 1. The Morgan fingerprint density at radius 2 is 2.12 bits per heavy atom. The van der Waals surface area contributed by atoms with Gasteiger partial charge in [-0.2, -0.15) is 0 Å². The molecule has 1 heterocycles. The minimum absolute atomic E-state index is 0.490. The Hall–Kier alpha value is -1.55. The first-order chi connectivity index (χ1) is 7.88. The number of rotatable bonds is 5. The molecular formula is C12H12N2OS. The number of benzene rings is 1. The second-order valence-corrected chi connectivity index (χ2v) is 4.48. The van der Waals surface area contributed by atoms with Crippen LogP contribution in [0.2, 0.25) is 0 Å². The molecule has 0 radical (unpaired) electrons. The van der Waals surface area contributed by atoms with Gasteiger partial charge in [0.2, 0.25) is 0 Å². The first kappa shape index (κ1) is 11.0. The minimum Gasteiger partial charge on any atom is -0.336 e. The fraction of sp³-hybridized carbons (Fsp3) is 0.167. The molecule has 3 nitrogen and oxygen atoms in total. The monoisotopic (exact) mass is 232 g/mol. The van der Waals surface area contributed by atoms with Crippen LogP contribution in [-0.2, 0) is 6.54 Å². The Morgan fingerprint density at radius 1 is 1.31 bits per heavy atom. The molecular weight excluding hydrogens is 220 g/mol. The van der Waals surface area contributed by atoms with Crippen molar-refractivity contribution in [1.82, 2.24) is 9.55 Å². The molecule has 0 fully saturated rings. The number of nitrogens with zero attached hydrogens (tertiary/aromatic N) is 2. The Balaban J connectivity index is 1.82. The van der Waals surface area contributed by atoms with E-state index in [1.807, 2.05) is 22.8 Å². The van der Waals surface area contributed by atoms with E-state index in [0.717, 1.165) is 18.6 Å². The van der Waals surface area contributed by atoms with Crippen molar-refractivity contribution in [1.29, 1.82) is 0 Å². The Labute approximate surface area is 98.5 Å². The number of aldehydes is 1. The highest BCUT2D eigenvalue weighted by atomic mass is 32.2. The third-order valence-electron chi connectivity index (χ3n) is 2.14. The third-order valence-corrected chi connectivity index (χ3v) is 3.13. The SMILES string of the molecule is O=Cc1cn(CCSc2ccccc2)cn1. The van der Waals surface area contributed by atoms with Crippen molar-refractivity contribution >= 4 is 18.0 Å². The average Bonchev–Trinajstić information content (AvgIpc) is 2.78. The van der Waals surface area contributed by atoms with Gasteiger partial charge in [0.15, 0.2) is 6.29 Å². The van der Waals surface area contributed by atoms with Gasteiger partial charge in [-0.25, -0.2) is 4.98 Å². The predicted octanol–water partition coefficient (Wildman–Crippen LogP) is 2.49. The Morgan fingerprint density at radius 3 is 2.81 bits per heavy atom. The topological polar surface area (TPSA) is 34.9 Å². The molecule has 16 heavy (non-hydrogen) atoms. The summed E-state index contributed by atoms with van der Waals surface area (Å²) in [5.74, 6) is 0.971. The standard InChI is InChI=1S/C12H12N2OS/c15-9-11-8-14(10-13-11)6-7-16-12-4-2-1-3-5-12/h1-5,8-10H,6-7H2. The zero-order chi connectivity index (χ0) is 11.2. The molecule has 0 spiro atoms. The van der Waals surface area contributed by atoms with Gasteiger partial charge in [-0.1, -0.05) is 18.2 Å². The summed E-state index contributed by atoms with van der Waals surface area (Å²) in [5, 5.41) is 0. The van der Waals surface area contributed by atoms with E-state index >= 15 is 0 Å². The van der Waals surface area contributed by atoms with E-state index in [9.17, 15) is 4.79 Å². The summed E-state index contributed by atoms with van der Waals surface area (Å²) >= 11 is 1.80. The van der Waals surface area contributed by atoms with Gasteiger partial charge >= 0.3 is 0 Å². The third kappa shape index (κ3) is 2.97. The highest BCUT2D eigenvalue weighted by Crippen LogP contribution is 2.16. The highest BCUT2D eigenvalue weighted by Gasteiger charge is 1.97. The van der Waals surface area contributed by atoms with Crippen LogP contribution in [0.4, 0.5) is 0 Å². The number of hydrogen-bond donors (Lipinski definition) is 0. The molecule has 0 atom stereocenters. The van der Waals surface area contributed by atoms with Crippen LogP contribution in [0.1, 0.15) is 10.5 Å². The van der Waals surface area contributed by atoms with Gasteiger partial charge in [-0.3, -0.25) is 4.79 Å². The lowest BCUT2D eigenvalue weighted by atomic mass is 10.4. The van der Waals surface area contributed by atoms with Gasteiger partial charge in [0.05, 0.1) is 6.33 Å². The molecule has 82 valence electrons. The minimum atomic E-state index is 0.490. The summed E-state index contributed by atoms with van der Waals surface area (Å²) < 4.78 is 1.93. The molecule has 1 aromatic heterocycles. The predicted molar refractivity (Wildman–Crippen MR) is 64.8 cm³/mol. The van der Waals surface area contributed by atoms with E-state index in [2.05, 4.69) is 17.1 Å². The Kier molecular flexibility index (Phi) is 3.77. The van der Waals surface area contributed by atoms with E-state index in [1.54, 1.807) is 24.3 Å². The molecule has 0 aliphatic carbocycles. The van der Waals surface area contributed by atoms with Crippen molar-refractivity contribution in [3.8, 4) is 0 Å².